The molecule has 0 bridgehead atoms. The van der Waals surface area contributed by atoms with E-state index >= 15 is 0 Å². The maximum Gasteiger partial charge on any atom is 1.00 e. The van der Waals surface area contributed by atoms with Gasteiger partial charge in [-0.2, -0.15) is 0 Å². The van der Waals surface area contributed by atoms with Crippen LogP contribution in [0.3, 0.4) is 0 Å². The molecule has 12 N–H and O–H groups in total. The van der Waals surface area contributed by atoms with Crippen molar-refractivity contribution >= 4 is 36.8 Å². The first-order valence-corrected chi connectivity index (χ1v) is 9.90. The Kier molecular flexibility index (Phi) is 36.8. The van der Waals surface area contributed by atoms with Gasteiger partial charge in [-0.1, -0.05) is 0 Å². The average Bonchev–Trinajstić information content (AvgIpc) is 2.92. The average molecular weight is 648 g/mol. The Bertz CT molecular complexity index is 690. The van der Waals surface area contributed by atoms with Crippen LogP contribution in [-0.4, -0.2) is 171 Å². The Labute approximate surface area is 301 Å². The number of aldehydes is 3. The van der Waals surface area contributed by atoms with Crippen LogP contribution in [0.2, 0.25) is 0 Å². The van der Waals surface area contributed by atoms with Gasteiger partial charge in [0.25, 0.3) is 0 Å². The molecule has 0 rings (SSSR count). The van der Waals surface area contributed by atoms with Gasteiger partial charge in [-0.05, 0) is 0 Å². The molecule has 12 atom stereocenters. The molecule has 0 fully saturated rings. The zero-order chi connectivity index (χ0) is 31.8. The van der Waals surface area contributed by atoms with Gasteiger partial charge in [0.2, 0.25) is 0 Å². The van der Waals surface area contributed by atoms with Crippen molar-refractivity contribution in [1.29, 1.82) is 0 Å². The Hall–Kier alpha value is -0.0600. The number of carboxylic acid groups (broad SMARTS) is 3. The topological polar surface area (TPSA) is 414 Å². The number of aliphatic carboxylic acids is 3. The van der Waals surface area contributed by atoms with Crippen LogP contribution in [0.25, 0.3) is 0 Å². The van der Waals surface area contributed by atoms with Crippen molar-refractivity contribution in [2.75, 3.05) is 0 Å². The minimum Gasteiger partial charge on any atom is -0.547 e. The van der Waals surface area contributed by atoms with E-state index in [0.29, 0.717) is 0 Å². The normalized spacial score (nSPS) is 18.6. The maximum atomic E-state index is 9.95. The zero-order valence-corrected chi connectivity index (χ0v) is 28.2. The molecule has 0 heterocycles. The summed E-state index contributed by atoms with van der Waals surface area (Å²) in [5.41, 5.74) is 0. The van der Waals surface area contributed by atoms with E-state index < -0.39 is 91.2 Å². The molecule has 0 aromatic rings. The molecule has 42 heavy (non-hydrogen) atoms. The number of carbonyl (C=O) groups excluding carboxylic acids is 6. The van der Waals surface area contributed by atoms with Crippen LogP contribution in [0, 0.1) is 0 Å². The second kappa shape index (κ2) is 28.4. The van der Waals surface area contributed by atoms with Gasteiger partial charge in [0, 0.05) is 0 Å². The van der Waals surface area contributed by atoms with Crippen LogP contribution in [0.1, 0.15) is 0 Å². The van der Waals surface area contributed by atoms with Gasteiger partial charge < -0.3 is 105 Å². The van der Waals surface area contributed by atoms with E-state index in [2.05, 4.69) is 0 Å². The number of hydrogen-bond donors (Lipinski definition) is 12. The molecular weight excluding hydrogens is 621 g/mol. The molecule has 0 aromatic carbocycles. The number of carbonyl (C=O) groups is 6. The van der Waals surface area contributed by atoms with E-state index in [1.807, 2.05) is 0 Å². The first kappa shape index (κ1) is 54.4. The SMILES string of the molecule is O=C[C@H](O)[C@@H](O)[C@H](O)[C@H](O)C(=O)[O-].O=C[C@H](O)[C@@H](O)[C@H](O)[C@H](O)C(=O)[O-].O=C[C@H](O)[C@@H](O)[C@H](O)[C@H](O)C(=O)[O-].[Na+].[Na+].[Na+]. The third-order valence-corrected chi connectivity index (χ3v) is 4.21. The Balaban J connectivity index is -0.000000112. The molecule has 0 aliphatic heterocycles. The fourth-order valence-electron chi connectivity index (χ4n) is 1.83. The summed E-state index contributed by atoms with van der Waals surface area (Å²) in [6.45, 7) is 0. The number of aliphatic hydroxyl groups excluding tert-OH is 12. The third-order valence-electron chi connectivity index (χ3n) is 4.21. The van der Waals surface area contributed by atoms with E-state index in [1.54, 1.807) is 0 Å². The summed E-state index contributed by atoms with van der Waals surface area (Å²) < 4.78 is 0. The molecule has 24 heteroatoms. The van der Waals surface area contributed by atoms with Crippen LogP contribution in [0.5, 0.6) is 0 Å². The van der Waals surface area contributed by atoms with Crippen LogP contribution in [-0.2, 0) is 28.8 Å². The molecule has 0 spiro atoms. The molecule has 0 aliphatic carbocycles. The smallest absolute Gasteiger partial charge is 0.547 e. The maximum absolute atomic E-state index is 9.95. The minimum atomic E-state index is -2.36. The van der Waals surface area contributed by atoms with Gasteiger partial charge in [0.15, 0.2) is 18.9 Å². The van der Waals surface area contributed by atoms with E-state index in [0.717, 1.165) is 0 Å². The van der Waals surface area contributed by atoms with Gasteiger partial charge in [-0.15, -0.1) is 0 Å². The molecule has 0 saturated heterocycles. The summed E-state index contributed by atoms with van der Waals surface area (Å²) in [7, 11) is 0. The Morgan fingerprint density at radius 2 is 0.524 bits per heavy atom. The monoisotopic (exact) mass is 648 g/mol. The van der Waals surface area contributed by atoms with Crippen molar-refractivity contribution in [3.63, 3.8) is 0 Å². The number of aliphatic hydroxyl groups is 12. The van der Waals surface area contributed by atoms with E-state index in [9.17, 15) is 44.1 Å². The molecule has 0 aliphatic rings. The standard InChI is InChI=1S/3C6H10O7.3Na/c3*7-1-2(8)3(9)4(10)5(11)6(12)13;;;/h3*1-5,8-11H,(H,12,13);;;/q;;;3*+1/p-3/t3*2-,3+,4-,5-;;;/m000.../s1. The van der Waals surface area contributed by atoms with E-state index in [4.69, 9.17) is 61.3 Å². The van der Waals surface area contributed by atoms with Crippen molar-refractivity contribution in [1.82, 2.24) is 0 Å². The van der Waals surface area contributed by atoms with Gasteiger partial charge in [-0.3, -0.25) is 0 Å². The van der Waals surface area contributed by atoms with E-state index in [1.165, 1.54) is 0 Å². The first-order valence-electron chi connectivity index (χ1n) is 9.90. The van der Waals surface area contributed by atoms with Crippen LogP contribution >= 0.6 is 0 Å². The summed E-state index contributed by atoms with van der Waals surface area (Å²) in [4.78, 5) is 59.5. The van der Waals surface area contributed by atoms with Crippen molar-refractivity contribution in [3.8, 4) is 0 Å². The molecule has 0 unspecified atom stereocenters. The molecule has 0 aromatic heterocycles. The quantitative estimate of drug-likeness (QED) is 0.0579. The van der Waals surface area contributed by atoms with Gasteiger partial charge in [-0.25, -0.2) is 0 Å². The summed E-state index contributed by atoms with van der Waals surface area (Å²) in [6.07, 6.45) is -26.0. The van der Waals surface area contributed by atoms with Gasteiger partial charge >= 0.3 is 88.7 Å². The number of hydrogen-bond acceptors (Lipinski definition) is 21. The first-order chi connectivity index (χ1) is 17.7. The molecule has 0 amide bonds. The van der Waals surface area contributed by atoms with Crippen LogP contribution < -0.4 is 104 Å². The van der Waals surface area contributed by atoms with Crippen molar-refractivity contribution in [3.05, 3.63) is 0 Å². The molecular formula is C18H27Na3O21. The Morgan fingerprint density at radius 3 is 0.619 bits per heavy atom. The molecule has 0 radical (unpaired) electrons. The largest absolute Gasteiger partial charge is 1.00 e. The number of rotatable bonds is 15. The molecule has 21 nitrogen and oxygen atoms in total. The Morgan fingerprint density at radius 1 is 0.381 bits per heavy atom. The summed E-state index contributed by atoms with van der Waals surface area (Å²) in [5.74, 6) is -6.03. The molecule has 228 valence electrons. The van der Waals surface area contributed by atoms with Crippen LogP contribution in [0.4, 0.5) is 0 Å². The van der Waals surface area contributed by atoms with Crippen molar-refractivity contribution in [2.45, 2.75) is 73.2 Å². The van der Waals surface area contributed by atoms with Crippen molar-refractivity contribution in [2.24, 2.45) is 0 Å². The van der Waals surface area contributed by atoms with E-state index in [-0.39, 0.29) is 108 Å². The minimum absolute atomic E-state index is 0. The summed E-state index contributed by atoms with van der Waals surface area (Å²) in [5, 5.41) is 134. The van der Waals surface area contributed by atoms with Gasteiger partial charge in [0.05, 0.1) is 17.9 Å². The fourth-order valence-corrected chi connectivity index (χ4v) is 1.83. The molecule has 0 saturated carbocycles. The summed E-state index contributed by atoms with van der Waals surface area (Å²) in [6, 6.07) is 0. The fraction of sp³-hybridized carbons (Fsp3) is 0.667. The predicted molar refractivity (Wildman–Crippen MR) is 105 cm³/mol. The van der Waals surface area contributed by atoms with Crippen LogP contribution in [0.15, 0.2) is 0 Å². The van der Waals surface area contributed by atoms with Crippen molar-refractivity contribution < 1.29 is 194 Å². The zero-order valence-electron chi connectivity index (χ0n) is 22.2. The third kappa shape index (κ3) is 20.8. The van der Waals surface area contributed by atoms with Gasteiger partial charge in [0.1, 0.15) is 73.2 Å². The second-order valence-electron chi connectivity index (χ2n) is 7.12. The number of carboxylic acids is 3. The second-order valence-corrected chi connectivity index (χ2v) is 7.12. The summed E-state index contributed by atoms with van der Waals surface area (Å²) >= 11 is 0. The predicted octanol–water partition coefficient (Wildman–Crippen LogP) is -22.9.